The summed E-state index contributed by atoms with van der Waals surface area (Å²) in [5, 5.41) is 1.83. The number of aromatic nitrogens is 1. The van der Waals surface area contributed by atoms with Crippen LogP contribution < -0.4 is 4.72 Å². The lowest BCUT2D eigenvalue weighted by atomic mass is 9.92. The van der Waals surface area contributed by atoms with E-state index in [-0.39, 0.29) is 6.04 Å². The summed E-state index contributed by atoms with van der Waals surface area (Å²) < 4.78 is 28.4. The fourth-order valence-electron chi connectivity index (χ4n) is 3.33. The van der Waals surface area contributed by atoms with Gasteiger partial charge in [-0.3, -0.25) is 0 Å². The van der Waals surface area contributed by atoms with Gasteiger partial charge in [-0.15, -0.1) is 11.3 Å². The molecule has 0 bridgehead atoms. The Morgan fingerprint density at radius 1 is 1.29 bits per heavy atom. The van der Waals surface area contributed by atoms with Crippen LogP contribution in [0.4, 0.5) is 0 Å². The molecule has 0 fully saturated rings. The number of thiophene rings is 1. The number of aromatic amines is 1. The van der Waals surface area contributed by atoms with Crippen LogP contribution in [0, 0.1) is 6.92 Å². The molecule has 0 radical (unpaired) electrons. The van der Waals surface area contributed by atoms with Crippen LogP contribution in [-0.2, 0) is 22.9 Å². The van der Waals surface area contributed by atoms with Gasteiger partial charge in [-0.05, 0) is 56.0 Å². The summed E-state index contributed by atoms with van der Waals surface area (Å²) in [5.41, 5.74) is 3.41. The second-order valence-electron chi connectivity index (χ2n) is 6.20. The molecule has 1 aromatic carbocycles. The first-order valence-corrected chi connectivity index (χ1v) is 10.5. The van der Waals surface area contributed by atoms with Crippen LogP contribution >= 0.6 is 22.9 Å². The predicted molar refractivity (Wildman–Crippen MR) is 98.5 cm³/mol. The average molecular weight is 381 g/mol. The van der Waals surface area contributed by atoms with E-state index in [1.807, 2.05) is 31.2 Å². The highest BCUT2D eigenvalue weighted by Gasteiger charge is 2.27. The van der Waals surface area contributed by atoms with Crippen LogP contribution in [0.15, 0.2) is 34.5 Å². The minimum Gasteiger partial charge on any atom is -0.358 e. The van der Waals surface area contributed by atoms with Crippen molar-refractivity contribution in [1.29, 1.82) is 0 Å². The van der Waals surface area contributed by atoms with E-state index in [9.17, 15) is 8.42 Å². The smallest absolute Gasteiger partial charge is 0.250 e. The maximum Gasteiger partial charge on any atom is 0.250 e. The van der Waals surface area contributed by atoms with Crippen LogP contribution in [-0.4, -0.2) is 19.4 Å². The number of sulfonamides is 1. The van der Waals surface area contributed by atoms with E-state index in [2.05, 4.69) is 9.71 Å². The van der Waals surface area contributed by atoms with Crippen molar-refractivity contribution in [2.45, 2.75) is 36.4 Å². The van der Waals surface area contributed by atoms with Crippen molar-refractivity contribution in [2.75, 3.05) is 0 Å². The standard InChI is InChI=1S/C17H17ClN2O2S2/c1-10-2-7-17(23-10)24(21,22)20-12-4-6-15-14(9-12)13-5-3-11(18)8-16(13)19-15/h2-3,5,7-8,12,19-20H,4,6,9H2,1H3. The first kappa shape index (κ1) is 16.1. The molecular weight excluding hydrogens is 364 g/mol. The highest BCUT2D eigenvalue weighted by atomic mass is 35.5. The number of fused-ring (bicyclic) bond motifs is 3. The molecule has 0 saturated heterocycles. The highest BCUT2D eigenvalue weighted by molar-refractivity contribution is 7.91. The van der Waals surface area contributed by atoms with Gasteiger partial charge in [0, 0.05) is 32.5 Å². The number of nitrogens with one attached hydrogen (secondary N) is 2. The Bertz CT molecular complexity index is 1020. The van der Waals surface area contributed by atoms with Crippen molar-refractivity contribution in [3.05, 3.63) is 51.5 Å². The minimum atomic E-state index is -3.45. The third kappa shape index (κ3) is 2.88. The predicted octanol–water partition coefficient (Wildman–Crippen LogP) is 4.03. The summed E-state index contributed by atoms with van der Waals surface area (Å²) in [4.78, 5) is 4.41. The topological polar surface area (TPSA) is 62.0 Å². The highest BCUT2D eigenvalue weighted by Crippen LogP contribution is 2.31. The van der Waals surface area contributed by atoms with E-state index < -0.39 is 10.0 Å². The normalized spacial score (nSPS) is 18.0. The Balaban J connectivity index is 1.61. The molecular formula is C17H17ClN2O2S2. The lowest BCUT2D eigenvalue weighted by molar-refractivity contribution is 0.507. The average Bonchev–Trinajstić information content (AvgIpc) is 3.10. The summed E-state index contributed by atoms with van der Waals surface area (Å²) in [6.45, 7) is 1.91. The summed E-state index contributed by atoms with van der Waals surface area (Å²) in [6.07, 6.45) is 2.32. The van der Waals surface area contributed by atoms with Gasteiger partial charge >= 0.3 is 0 Å². The molecule has 0 saturated carbocycles. The lowest BCUT2D eigenvalue weighted by Gasteiger charge is -2.23. The molecule has 1 aliphatic carbocycles. The Hall–Kier alpha value is -1.34. The maximum absolute atomic E-state index is 12.5. The van der Waals surface area contributed by atoms with Crippen LogP contribution in [0.25, 0.3) is 10.9 Å². The number of hydrogen-bond donors (Lipinski definition) is 2. The number of rotatable bonds is 3. The third-order valence-electron chi connectivity index (χ3n) is 4.45. The molecule has 2 heterocycles. The third-order valence-corrected chi connectivity index (χ3v) is 7.70. The van der Waals surface area contributed by atoms with E-state index in [1.54, 1.807) is 6.07 Å². The van der Waals surface area contributed by atoms with Crippen molar-refractivity contribution in [2.24, 2.45) is 0 Å². The Morgan fingerprint density at radius 3 is 2.88 bits per heavy atom. The molecule has 4 nitrogen and oxygen atoms in total. The molecule has 1 aliphatic rings. The quantitative estimate of drug-likeness (QED) is 0.720. The van der Waals surface area contributed by atoms with Crippen molar-refractivity contribution < 1.29 is 8.42 Å². The van der Waals surface area contributed by atoms with Gasteiger partial charge in [-0.25, -0.2) is 13.1 Å². The Kier molecular flexibility index (Phi) is 3.95. The largest absolute Gasteiger partial charge is 0.358 e. The van der Waals surface area contributed by atoms with E-state index in [4.69, 9.17) is 11.6 Å². The molecule has 1 unspecified atom stereocenters. The lowest BCUT2D eigenvalue weighted by Crippen LogP contribution is -2.38. The second kappa shape index (κ2) is 5.88. The zero-order chi connectivity index (χ0) is 16.9. The van der Waals surface area contributed by atoms with Gasteiger partial charge in [0.05, 0.1) is 0 Å². The zero-order valence-corrected chi connectivity index (χ0v) is 15.5. The number of H-pyrrole nitrogens is 1. The van der Waals surface area contributed by atoms with Gasteiger partial charge in [0.1, 0.15) is 4.21 Å². The number of benzene rings is 1. The van der Waals surface area contributed by atoms with E-state index in [1.165, 1.54) is 22.6 Å². The van der Waals surface area contributed by atoms with Crippen LogP contribution in [0.1, 0.15) is 22.6 Å². The molecule has 7 heteroatoms. The van der Waals surface area contributed by atoms with E-state index in [0.29, 0.717) is 15.7 Å². The van der Waals surface area contributed by atoms with Crippen molar-refractivity contribution in [1.82, 2.24) is 9.71 Å². The molecule has 126 valence electrons. The number of hydrogen-bond acceptors (Lipinski definition) is 3. The number of aryl methyl sites for hydroxylation is 2. The summed E-state index contributed by atoms with van der Waals surface area (Å²) in [6, 6.07) is 9.22. The van der Waals surface area contributed by atoms with Crippen LogP contribution in [0.3, 0.4) is 0 Å². The van der Waals surface area contributed by atoms with Crippen molar-refractivity contribution in [3.63, 3.8) is 0 Å². The van der Waals surface area contributed by atoms with E-state index in [0.717, 1.165) is 28.6 Å². The first-order valence-electron chi connectivity index (χ1n) is 7.80. The Morgan fingerprint density at radius 2 is 2.12 bits per heavy atom. The molecule has 2 aromatic heterocycles. The van der Waals surface area contributed by atoms with E-state index >= 15 is 0 Å². The van der Waals surface area contributed by atoms with Crippen molar-refractivity contribution in [3.8, 4) is 0 Å². The molecule has 0 amide bonds. The van der Waals surface area contributed by atoms with Crippen LogP contribution in [0.2, 0.25) is 5.02 Å². The molecule has 4 rings (SSSR count). The molecule has 3 aromatic rings. The van der Waals surface area contributed by atoms with Gasteiger partial charge in [0.25, 0.3) is 0 Å². The molecule has 1 atom stereocenters. The van der Waals surface area contributed by atoms with Gasteiger partial charge in [-0.2, -0.15) is 0 Å². The molecule has 2 N–H and O–H groups in total. The zero-order valence-electron chi connectivity index (χ0n) is 13.1. The summed E-state index contributed by atoms with van der Waals surface area (Å²) >= 11 is 7.36. The van der Waals surface area contributed by atoms with Gasteiger partial charge in [-0.1, -0.05) is 17.7 Å². The van der Waals surface area contributed by atoms with Gasteiger partial charge in [0.15, 0.2) is 0 Å². The van der Waals surface area contributed by atoms with Gasteiger partial charge in [0.2, 0.25) is 10.0 Å². The van der Waals surface area contributed by atoms with Gasteiger partial charge < -0.3 is 4.98 Å². The number of halogens is 1. The second-order valence-corrected chi connectivity index (χ2v) is 9.86. The van der Waals surface area contributed by atoms with Crippen LogP contribution in [0.5, 0.6) is 0 Å². The molecule has 0 aliphatic heterocycles. The maximum atomic E-state index is 12.5. The molecule has 0 spiro atoms. The Labute approximate surface area is 149 Å². The fourth-order valence-corrected chi connectivity index (χ4v) is 6.07. The summed E-state index contributed by atoms with van der Waals surface area (Å²) in [5.74, 6) is 0. The monoisotopic (exact) mass is 380 g/mol. The summed E-state index contributed by atoms with van der Waals surface area (Å²) in [7, 11) is -3.45. The fraction of sp³-hybridized carbons (Fsp3) is 0.294. The van der Waals surface area contributed by atoms with Crippen molar-refractivity contribution >= 4 is 43.9 Å². The molecule has 24 heavy (non-hydrogen) atoms. The minimum absolute atomic E-state index is 0.0837. The first-order chi connectivity index (χ1) is 11.4. The SMILES string of the molecule is Cc1ccc(S(=O)(=O)NC2CCc3[nH]c4cc(Cl)ccc4c3C2)s1.